The lowest BCUT2D eigenvalue weighted by atomic mass is 10.1. The molecule has 0 bridgehead atoms. The summed E-state index contributed by atoms with van der Waals surface area (Å²) in [6.07, 6.45) is 0.670. The Labute approximate surface area is 112 Å². The normalized spacial score (nSPS) is 22.8. The van der Waals surface area contributed by atoms with Gasteiger partial charge in [0.2, 0.25) is 0 Å². The Morgan fingerprint density at radius 2 is 2.17 bits per heavy atom. The summed E-state index contributed by atoms with van der Waals surface area (Å²) in [6.45, 7) is 4.32. The van der Waals surface area contributed by atoms with E-state index in [9.17, 15) is 8.42 Å². The van der Waals surface area contributed by atoms with Gasteiger partial charge in [0.05, 0.1) is 11.5 Å². The van der Waals surface area contributed by atoms with Gasteiger partial charge in [-0.25, -0.2) is 8.42 Å². The summed E-state index contributed by atoms with van der Waals surface area (Å²) in [6, 6.07) is 0. The SMILES string of the molecule is CC(C)CSc1nnc([C@@H]2CCS(=O)(=O)C2)n1C. The van der Waals surface area contributed by atoms with Crippen molar-refractivity contribution in [1.29, 1.82) is 0 Å². The lowest BCUT2D eigenvalue weighted by Gasteiger charge is -2.08. The minimum atomic E-state index is -2.86. The molecule has 0 aromatic carbocycles. The quantitative estimate of drug-likeness (QED) is 0.785. The fraction of sp³-hybridized carbons (Fsp3) is 0.818. The smallest absolute Gasteiger partial charge is 0.190 e. The van der Waals surface area contributed by atoms with Crippen LogP contribution in [0.25, 0.3) is 0 Å². The third kappa shape index (κ3) is 3.06. The maximum atomic E-state index is 11.5. The first-order valence-electron chi connectivity index (χ1n) is 6.11. The van der Waals surface area contributed by atoms with Gasteiger partial charge in [-0.15, -0.1) is 10.2 Å². The van der Waals surface area contributed by atoms with E-state index >= 15 is 0 Å². The van der Waals surface area contributed by atoms with Crippen LogP contribution >= 0.6 is 11.8 Å². The molecule has 1 aliphatic heterocycles. The van der Waals surface area contributed by atoms with E-state index in [1.54, 1.807) is 11.8 Å². The number of nitrogens with zero attached hydrogens (tertiary/aromatic N) is 3. The predicted octanol–water partition coefficient (Wildman–Crippen LogP) is 1.47. The van der Waals surface area contributed by atoms with Crippen molar-refractivity contribution in [3.63, 3.8) is 0 Å². The summed E-state index contributed by atoms with van der Waals surface area (Å²) in [7, 11) is -0.945. The van der Waals surface area contributed by atoms with Crippen LogP contribution in [0.3, 0.4) is 0 Å². The zero-order chi connectivity index (χ0) is 13.3. The second-order valence-corrected chi connectivity index (χ2v) is 8.42. The standard InChI is InChI=1S/C11H19N3O2S2/c1-8(2)6-17-11-13-12-10(14(11)3)9-4-5-18(15,16)7-9/h8-9H,4-7H2,1-3H3/t9-/m1/s1. The molecule has 0 amide bonds. The average molecular weight is 289 g/mol. The van der Waals surface area contributed by atoms with Crippen LogP contribution in [0.15, 0.2) is 5.16 Å². The summed E-state index contributed by atoms with van der Waals surface area (Å²) in [5.74, 6) is 2.91. The molecule has 0 N–H and O–H groups in total. The zero-order valence-corrected chi connectivity index (χ0v) is 12.6. The first-order valence-corrected chi connectivity index (χ1v) is 8.92. The van der Waals surface area contributed by atoms with Crippen LogP contribution in [0.4, 0.5) is 0 Å². The van der Waals surface area contributed by atoms with Crippen molar-refractivity contribution in [2.75, 3.05) is 17.3 Å². The van der Waals surface area contributed by atoms with Gasteiger partial charge in [0, 0.05) is 18.7 Å². The van der Waals surface area contributed by atoms with Crippen LogP contribution in [-0.4, -0.2) is 40.4 Å². The highest BCUT2D eigenvalue weighted by Gasteiger charge is 2.32. The van der Waals surface area contributed by atoms with Gasteiger partial charge in [0.15, 0.2) is 15.0 Å². The monoisotopic (exact) mass is 289 g/mol. The van der Waals surface area contributed by atoms with E-state index in [1.807, 2.05) is 11.6 Å². The fourth-order valence-electron chi connectivity index (χ4n) is 2.05. The fourth-order valence-corrected chi connectivity index (χ4v) is 4.65. The Morgan fingerprint density at radius 3 is 2.72 bits per heavy atom. The van der Waals surface area contributed by atoms with E-state index < -0.39 is 9.84 Å². The minimum absolute atomic E-state index is 0.0147. The van der Waals surface area contributed by atoms with E-state index in [0.717, 1.165) is 16.7 Å². The summed E-state index contributed by atoms with van der Waals surface area (Å²) in [5.41, 5.74) is 0. The van der Waals surface area contributed by atoms with Crippen molar-refractivity contribution in [3.05, 3.63) is 5.82 Å². The maximum Gasteiger partial charge on any atom is 0.190 e. The maximum absolute atomic E-state index is 11.5. The second-order valence-electron chi connectivity index (χ2n) is 5.20. The molecule has 0 unspecified atom stereocenters. The third-order valence-electron chi connectivity index (χ3n) is 3.01. The Morgan fingerprint density at radius 1 is 1.44 bits per heavy atom. The number of thioether (sulfide) groups is 1. The molecule has 0 spiro atoms. The summed E-state index contributed by atoms with van der Waals surface area (Å²) >= 11 is 1.67. The van der Waals surface area contributed by atoms with Crippen LogP contribution in [0, 0.1) is 5.92 Å². The molecule has 7 heteroatoms. The molecule has 1 fully saturated rings. The highest BCUT2D eigenvalue weighted by atomic mass is 32.2. The molecule has 18 heavy (non-hydrogen) atoms. The van der Waals surface area contributed by atoms with Gasteiger partial charge in [-0.05, 0) is 12.3 Å². The molecule has 1 saturated heterocycles. The Hall–Kier alpha value is -0.560. The van der Waals surface area contributed by atoms with Gasteiger partial charge in [-0.3, -0.25) is 0 Å². The van der Waals surface area contributed by atoms with Gasteiger partial charge in [0.1, 0.15) is 5.82 Å². The molecule has 2 rings (SSSR count). The minimum Gasteiger partial charge on any atom is -0.309 e. The van der Waals surface area contributed by atoms with Gasteiger partial charge >= 0.3 is 0 Å². The van der Waals surface area contributed by atoms with E-state index in [1.165, 1.54) is 0 Å². The van der Waals surface area contributed by atoms with Crippen molar-refractivity contribution < 1.29 is 8.42 Å². The third-order valence-corrected chi connectivity index (χ3v) is 6.23. The van der Waals surface area contributed by atoms with Crippen molar-refractivity contribution in [2.45, 2.75) is 31.3 Å². The van der Waals surface area contributed by atoms with Gasteiger partial charge < -0.3 is 4.57 Å². The van der Waals surface area contributed by atoms with Crippen molar-refractivity contribution >= 4 is 21.6 Å². The molecule has 1 atom stereocenters. The lowest BCUT2D eigenvalue weighted by molar-refractivity contribution is 0.599. The zero-order valence-electron chi connectivity index (χ0n) is 11.0. The summed E-state index contributed by atoms with van der Waals surface area (Å²) in [4.78, 5) is 0. The molecule has 0 aliphatic carbocycles. The molecular weight excluding hydrogens is 270 g/mol. The number of sulfone groups is 1. The molecule has 1 aliphatic rings. The molecule has 0 radical (unpaired) electrons. The van der Waals surface area contributed by atoms with Crippen molar-refractivity contribution in [2.24, 2.45) is 13.0 Å². The van der Waals surface area contributed by atoms with E-state index in [0.29, 0.717) is 12.3 Å². The first kappa shape index (κ1) is 13.9. The molecule has 102 valence electrons. The number of hydrogen-bond donors (Lipinski definition) is 0. The van der Waals surface area contributed by atoms with Crippen LogP contribution in [0.2, 0.25) is 0 Å². The predicted molar refractivity (Wildman–Crippen MR) is 72.6 cm³/mol. The summed E-state index contributed by atoms with van der Waals surface area (Å²) < 4.78 is 24.9. The molecule has 0 saturated carbocycles. The number of rotatable bonds is 4. The Bertz CT molecular complexity index is 522. The Balaban J connectivity index is 2.11. The first-order chi connectivity index (χ1) is 8.39. The van der Waals surface area contributed by atoms with Gasteiger partial charge in [-0.2, -0.15) is 0 Å². The van der Waals surface area contributed by atoms with Crippen LogP contribution in [0.1, 0.15) is 32.0 Å². The Kier molecular flexibility index (Phi) is 4.01. The molecule has 2 heterocycles. The van der Waals surface area contributed by atoms with Crippen molar-refractivity contribution in [1.82, 2.24) is 14.8 Å². The molecule has 1 aromatic heterocycles. The largest absolute Gasteiger partial charge is 0.309 e. The molecule has 5 nitrogen and oxygen atoms in total. The second kappa shape index (κ2) is 5.21. The van der Waals surface area contributed by atoms with Gasteiger partial charge in [0.25, 0.3) is 0 Å². The van der Waals surface area contributed by atoms with E-state index in [2.05, 4.69) is 24.0 Å². The summed E-state index contributed by atoms with van der Waals surface area (Å²) in [5, 5.41) is 9.21. The van der Waals surface area contributed by atoms with Crippen molar-refractivity contribution in [3.8, 4) is 0 Å². The number of hydrogen-bond acceptors (Lipinski definition) is 5. The molecule has 1 aromatic rings. The van der Waals surface area contributed by atoms with E-state index in [-0.39, 0.29) is 17.4 Å². The topological polar surface area (TPSA) is 64.8 Å². The highest BCUT2D eigenvalue weighted by molar-refractivity contribution is 7.99. The highest BCUT2D eigenvalue weighted by Crippen LogP contribution is 2.29. The van der Waals surface area contributed by atoms with Crippen LogP contribution in [0.5, 0.6) is 0 Å². The van der Waals surface area contributed by atoms with E-state index in [4.69, 9.17) is 0 Å². The number of aromatic nitrogens is 3. The lowest BCUT2D eigenvalue weighted by Crippen LogP contribution is -2.09. The molecular formula is C11H19N3O2S2. The van der Waals surface area contributed by atoms with Crippen LogP contribution in [-0.2, 0) is 16.9 Å². The average Bonchev–Trinajstić information content (AvgIpc) is 2.79. The van der Waals surface area contributed by atoms with Crippen LogP contribution < -0.4 is 0 Å². The van der Waals surface area contributed by atoms with Gasteiger partial charge in [-0.1, -0.05) is 25.6 Å².